The van der Waals surface area contributed by atoms with Crippen LogP contribution in [0.5, 0.6) is 0 Å². The number of hydrogen-bond donors (Lipinski definition) is 0. The maximum atomic E-state index is 12.4. The molecule has 2 heterocycles. The highest BCUT2D eigenvalue weighted by molar-refractivity contribution is 5.81. The van der Waals surface area contributed by atoms with Gasteiger partial charge in [0.05, 0.1) is 17.6 Å². The molecule has 20 heavy (non-hydrogen) atoms. The molecular formula is C15H16N4O. The fraction of sp³-hybridized carbons (Fsp3) is 0.267. The van der Waals surface area contributed by atoms with E-state index in [9.17, 15) is 4.79 Å². The molecule has 3 aromatic rings. The summed E-state index contributed by atoms with van der Waals surface area (Å²) in [7, 11) is 1.68. The standard InChI is InChI=1S/C15H16N4O/c1-10(2)13-12-9-16-19(11-7-5-4-6-8-11)14(12)15(20)18(3)17-13/h4-10H,1-3H3. The third-order valence-corrected chi connectivity index (χ3v) is 3.35. The van der Waals surface area contributed by atoms with Crippen molar-refractivity contribution in [3.63, 3.8) is 0 Å². The summed E-state index contributed by atoms with van der Waals surface area (Å²) in [5.74, 6) is 0.234. The van der Waals surface area contributed by atoms with Crippen molar-refractivity contribution in [3.8, 4) is 5.69 Å². The zero-order chi connectivity index (χ0) is 14.3. The van der Waals surface area contributed by atoms with Gasteiger partial charge in [0.2, 0.25) is 0 Å². The molecule has 0 aliphatic heterocycles. The Hall–Kier alpha value is -2.43. The molecule has 0 amide bonds. The van der Waals surface area contributed by atoms with E-state index in [2.05, 4.69) is 24.0 Å². The van der Waals surface area contributed by atoms with Gasteiger partial charge >= 0.3 is 0 Å². The van der Waals surface area contributed by atoms with Crippen LogP contribution in [0.4, 0.5) is 0 Å². The summed E-state index contributed by atoms with van der Waals surface area (Å²) in [5.41, 5.74) is 2.22. The Labute approximate surface area is 116 Å². The van der Waals surface area contributed by atoms with Gasteiger partial charge in [-0.15, -0.1) is 0 Å². The Morgan fingerprint density at radius 3 is 2.50 bits per heavy atom. The molecule has 0 unspecified atom stereocenters. The first-order valence-electron chi connectivity index (χ1n) is 6.60. The number of rotatable bonds is 2. The molecule has 0 spiro atoms. The van der Waals surface area contributed by atoms with Gasteiger partial charge in [0.1, 0.15) is 5.52 Å². The lowest BCUT2D eigenvalue weighted by Crippen LogP contribution is -2.23. The van der Waals surface area contributed by atoms with Crippen molar-refractivity contribution in [1.82, 2.24) is 19.6 Å². The summed E-state index contributed by atoms with van der Waals surface area (Å²) in [5, 5.41) is 9.56. The molecule has 0 saturated heterocycles. The number of aromatic nitrogens is 4. The third kappa shape index (κ3) is 1.82. The van der Waals surface area contributed by atoms with E-state index in [1.54, 1.807) is 17.9 Å². The van der Waals surface area contributed by atoms with Crippen LogP contribution in [0.3, 0.4) is 0 Å². The molecule has 5 heteroatoms. The van der Waals surface area contributed by atoms with Gasteiger partial charge < -0.3 is 0 Å². The van der Waals surface area contributed by atoms with Crippen LogP contribution in [0, 0.1) is 0 Å². The van der Waals surface area contributed by atoms with Gasteiger partial charge in [-0.2, -0.15) is 10.2 Å². The molecule has 5 nitrogen and oxygen atoms in total. The van der Waals surface area contributed by atoms with Crippen molar-refractivity contribution in [1.29, 1.82) is 0 Å². The number of nitrogens with zero attached hydrogens (tertiary/aromatic N) is 4. The fourth-order valence-corrected chi connectivity index (χ4v) is 2.35. The van der Waals surface area contributed by atoms with Gasteiger partial charge in [0, 0.05) is 12.4 Å². The summed E-state index contributed by atoms with van der Waals surface area (Å²) >= 11 is 0. The number of fused-ring (bicyclic) bond motifs is 1. The Morgan fingerprint density at radius 1 is 1.15 bits per heavy atom. The van der Waals surface area contributed by atoms with Crippen LogP contribution in [0.2, 0.25) is 0 Å². The summed E-state index contributed by atoms with van der Waals surface area (Å²) in [4.78, 5) is 12.4. The molecule has 0 bridgehead atoms. The molecule has 2 aromatic heterocycles. The van der Waals surface area contributed by atoms with Crippen LogP contribution < -0.4 is 5.56 Å². The smallest absolute Gasteiger partial charge is 0.265 e. The second-order valence-corrected chi connectivity index (χ2v) is 5.12. The molecule has 0 saturated carbocycles. The van der Waals surface area contributed by atoms with Crippen LogP contribution >= 0.6 is 0 Å². The summed E-state index contributed by atoms with van der Waals surface area (Å²) < 4.78 is 3.07. The molecule has 0 radical (unpaired) electrons. The van der Waals surface area contributed by atoms with Crippen LogP contribution in [0.15, 0.2) is 41.3 Å². The van der Waals surface area contributed by atoms with Crippen LogP contribution in [0.1, 0.15) is 25.5 Å². The predicted octanol–water partition coefficient (Wildman–Crippen LogP) is 2.24. The van der Waals surface area contributed by atoms with Crippen LogP contribution in [-0.4, -0.2) is 19.6 Å². The van der Waals surface area contributed by atoms with Crippen molar-refractivity contribution >= 4 is 10.9 Å². The minimum atomic E-state index is -0.134. The first kappa shape index (κ1) is 12.6. The van der Waals surface area contributed by atoms with Gasteiger partial charge in [0.15, 0.2) is 0 Å². The van der Waals surface area contributed by atoms with Crippen LogP contribution in [-0.2, 0) is 7.05 Å². The first-order chi connectivity index (χ1) is 9.59. The number of aryl methyl sites for hydroxylation is 1. The highest BCUT2D eigenvalue weighted by Crippen LogP contribution is 2.22. The molecule has 1 aromatic carbocycles. The second kappa shape index (κ2) is 4.59. The monoisotopic (exact) mass is 268 g/mol. The molecule has 0 N–H and O–H groups in total. The fourth-order valence-electron chi connectivity index (χ4n) is 2.35. The lowest BCUT2D eigenvalue weighted by Gasteiger charge is -2.09. The average Bonchev–Trinajstić information content (AvgIpc) is 2.88. The lowest BCUT2D eigenvalue weighted by atomic mass is 10.1. The Kier molecular flexibility index (Phi) is 2.89. The van der Waals surface area contributed by atoms with Gasteiger partial charge in [-0.25, -0.2) is 9.36 Å². The normalized spacial score (nSPS) is 11.4. The van der Waals surface area contributed by atoms with Crippen molar-refractivity contribution in [2.24, 2.45) is 7.05 Å². The quantitative estimate of drug-likeness (QED) is 0.716. The van der Waals surface area contributed by atoms with E-state index in [1.165, 1.54) is 4.68 Å². The number of hydrogen-bond acceptors (Lipinski definition) is 3. The first-order valence-corrected chi connectivity index (χ1v) is 6.60. The van der Waals surface area contributed by atoms with E-state index in [0.29, 0.717) is 5.52 Å². The second-order valence-electron chi connectivity index (χ2n) is 5.12. The Bertz CT molecular complexity index is 815. The molecule has 0 aliphatic rings. The predicted molar refractivity (Wildman–Crippen MR) is 78.2 cm³/mol. The van der Waals surface area contributed by atoms with E-state index in [1.807, 2.05) is 30.3 Å². The Morgan fingerprint density at radius 2 is 1.85 bits per heavy atom. The summed E-state index contributed by atoms with van der Waals surface area (Å²) in [6.07, 6.45) is 1.73. The topological polar surface area (TPSA) is 52.7 Å². The maximum absolute atomic E-state index is 12.4. The van der Waals surface area contributed by atoms with Crippen molar-refractivity contribution in [2.75, 3.05) is 0 Å². The van der Waals surface area contributed by atoms with Crippen molar-refractivity contribution in [3.05, 3.63) is 52.6 Å². The van der Waals surface area contributed by atoms with E-state index in [4.69, 9.17) is 0 Å². The van der Waals surface area contributed by atoms with Crippen molar-refractivity contribution < 1.29 is 0 Å². The van der Waals surface area contributed by atoms with E-state index in [0.717, 1.165) is 16.8 Å². The van der Waals surface area contributed by atoms with Gasteiger partial charge in [0.25, 0.3) is 5.56 Å². The van der Waals surface area contributed by atoms with Gasteiger partial charge in [-0.1, -0.05) is 32.0 Å². The minimum Gasteiger partial charge on any atom is -0.265 e. The largest absolute Gasteiger partial charge is 0.293 e. The molecule has 102 valence electrons. The summed E-state index contributed by atoms with van der Waals surface area (Å²) in [6, 6.07) is 9.66. The van der Waals surface area contributed by atoms with Crippen LogP contribution in [0.25, 0.3) is 16.6 Å². The molecule has 0 fully saturated rings. The lowest BCUT2D eigenvalue weighted by molar-refractivity contribution is 0.663. The van der Waals surface area contributed by atoms with E-state index < -0.39 is 0 Å². The van der Waals surface area contributed by atoms with Gasteiger partial charge in [-0.05, 0) is 18.1 Å². The van der Waals surface area contributed by atoms with E-state index >= 15 is 0 Å². The average molecular weight is 268 g/mol. The van der Waals surface area contributed by atoms with E-state index in [-0.39, 0.29) is 11.5 Å². The number of para-hydroxylation sites is 1. The Balaban J connectivity index is 2.40. The molecule has 0 atom stereocenters. The minimum absolute atomic E-state index is 0.134. The highest BCUT2D eigenvalue weighted by atomic mass is 16.1. The zero-order valence-corrected chi connectivity index (χ0v) is 11.7. The van der Waals surface area contributed by atoms with Crippen molar-refractivity contribution in [2.45, 2.75) is 19.8 Å². The number of benzene rings is 1. The molecule has 0 aliphatic carbocycles. The third-order valence-electron chi connectivity index (χ3n) is 3.35. The SMILES string of the molecule is CC(C)c1nn(C)c(=O)c2c1cnn2-c1ccccc1. The van der Waals surface area contributed by atoms with Gasteiger partial charge in [-0.3, -0.25) is 4.79 Å². The molecular weight excluding hydrogens is 252 g/mol. The molecule has 3 rings (SSSR count). The summed E-state index contributed by atoms with van der Waals surface area (Å²) in [6.45, 7) is 4.12. The zero-order valence-electron chi connectivity index (χ0n) is 11.7. The maximum Gasteiger partial charge on any atom is 0.293 e. The highest BCUT2D eigenvalue weighted by Gasteiger charge is 2.17.